The van der Waals surface area contributed by atoms with E-state index in [1.165, 1.54) is 0 Å². The molecule has 5 nitrogen and oxygen atoms in total. The van der Waals surface area contributed by atoms with Crippen LogP contribution in [0.5, 0.6) is 0 Å². The molecule has 1 aliphatic rings. The van der Waals surface area contributed by atoms with Gasteiger partial charge in [-0.1, -0.05) is 13.8 Å². The van der Waals surface area contributed by atoms with Crippen LogP contribution in [0, 0.1) is 11.8 Å². The number of rotatable bonds is 7. The highest BCUT2D eigenvalue weighted by Crippen LogP contribution is 2.18. The van der Waals surface area contributed by atoms with Crippen LogP contribution in [0.1, 0.15) is 33.1 Å². The summed E-state index contributed by atoms with van der Waals surface area (Å²) in [5.74, 6) is 1.13. The Balaban J connectivity index is 2.36. The summed E-state index contributed by atoms with van der Waals surface area (Å²) in [5.41, 5.74) is 0. The van der Waals surface area contributed by atoms with E-state index in [-0.39, 0.29) is 0 Å². The van der Waals surface area contributed by atoms with E-state index in [2.05, 4.69) is 23.9 Å². The molecule has 0 aromatic carbocycles. The molecule has 0 atom stereocenters. The van der Waals surface area contributed by atoms with E-state index >= 15 is 0 Å². The molecule has 108 valence electrons. The predicted octanol–water partition coefficient (Wildman–Crippen LogP) is 0.798. The maximum Gasteiger partial charge on any atom is 0.279 e. The van der Waals surface area contributed by atoms with Crippen LogP contribution in [0.25, 0.3) is 0 Å². The summed E-state index contributed by atoms with van der Waals surface area (Å²) in [5, 5.41) is 3.15. The fraction of sp³-hybridized carbons (Fsp3) is 1.00. The zero-order chi connectivity index (χ0) is 13.6. The molecule has 0 aliphatic carbocycles. The van der Waals surface area contributed by atoms with Gasteiger partial charge in [0.25, 0.3) is 10.2 Å². The van der Waals surface area contributed by atoms with Crippen molar-refractivity contribution in [2.24, 2.45) is 11.8 Å². The summed E-state index contributed by atoms with van der Waals surface area (Å²) in [6.07, 6.45) is 2.79. The molecule has 2 N–H and O–H groups in total. The van der Waals surface area contributed by atoms with Crippen molar-refractivity contribution in [2.75, 3.05) is 33.2 Å². The van der Waals surface area contributed by atoms with Crippen LogP contribution >= 0.6 is 0 Å². The largest absolute Gasteiger partial charge is 0.319 e. The van der Waals surface area contributed by atoms with Crippen molar-refractivity contribution in [3.63, 3.8) is 0 Å². The summed E-state index contributed by atoms with van der Waals surface area (Å²) >= 11 is 0. The Kier molecular flexibility index (Phi) is 6.55. The second kappa shape index (κ2) is 7.43. The highest BCUT2D eigenvalue weighted by molar-refractivity contribution is 7.87. The lowest BCUT2D eigenvalue weighted by Crippen LogP contribution is -2.46. The van der Waals surface area contributed by atoms with E-state index in [0.29, 0.717) is 31.5 Å². The molecule has 1 fully saturated rings. The first kappa shape index (κ1) is 15.9. The molecular weight excluding hydrogens is 250 g/mol. The van der Waals surface area contributed by atoms with E-state index in [9.17, 15) is 8.42 Å². The lowest BCUT2D eigenvalue weighted by Gasteiger charge is -2.31. The molecule has 1 rings (SSSR count). The van der Waals surface area contributed by atoms with Gasteiger partial charge in [0.15, 0.2) is 0 Å². The number of hydrogen-bond acceptors (Lipinski definition) is 3. The van der Waals surface area contributed by atoms with E-state index in [1.54, 1.807) is 4.31 Å². The molecule has 0 saturated carbocycles. The fourth-order valence-corrected chi connectivity index (χ4v) is 3.46. The van der Waals surface area contributed by atoms with E-state index in [4.69, 9.17) is 0 Å². The quantitative estimate of drug-likeness (QED) is 0.723. The van der Waals surface area contributed by atoms with Crippen LogP contribution < -0.4 is 10.0 Å². The number of nitrogens with one attached hydrogen (secondary N) is 2. The van der Waals surface area contributed by atoms with Gasteiger partial charge in [0.2, 0.25) is 0 Å². The van der Waals surface area contributed by atoms with Crippen LogP contribution in [-0.4, -0.2) is 45.9 Å². The van der Waals surface area contributed by atoms with Crippen molar-refractivity contribution in [3.05, 3.63) is 0 Å². The van der Waals surface area contributed by atoms with Gasteiger partial charge >= 0.3 is 0 Å². The highest BCUT2D eigenvalue weighted by atomic mass is 32.2. The Morgan fingerprint density at radius 3 is 2.39 bits per heavy atom. The molecule has 1 heterocycles. The Bertz CT molecular complexity index is 322. The highest BCUT2D eigenvalue weighted by Gasteiger charge is 2.27. The molecule has 0 radical (unpaired) electrons. The zero-order valence-electron chi connectivity index (χ0n) is 11.8. The third-order valence-corrected chi connectivity index (χ3v) is 5.03. The standard InChI is InChI=1S/C12H27N3O2S/c1-11(2)4-7-14-18(16,17)15-8-5-12(6-9-15)10-13-3/h11-14H,4-10H2,1-3H3. The van der Waals surface area contributed by atoms with Gasteiger partial charge in [0, 0.05) is 19.6 Å². The maximum atomic E-state index is 12.0. The summed E-state index contributed by atoms with van der Waals surface area (Å²) in [7, 11) is -1.31. The minimum Gasteiger partial charge on any atom is -0.319 e. The summed E-state index contributed by atoms with van der Waals surface area (Å²) in [6, 6.07) is 0. The molecule has 1 saturated heterocycles. The third kappa shape index (κ3) is 5.22. The van der Waals surface area contributed by atoms with Crippen molar-refractivity contribution >= 4 is 10.2 Å². The molecule has 0 amide bonds. The molecule has 0 spiro atoms. The second-order valence-electron chi connectivity index (χ2n) is 5.48. The number of piperidine rings is 1. The first-order valence-electron chi connectivity index (χ1n) is 6.85. The first-order chi connectivity index (χ1) is 8.45. The van der Waals surface area contributed by atoms with Crippen LogP contribution in [0.3, 0.4) is 0 Å². The van der Waals surface area contributed by atoms with Gasteiger partial charge < -0.3 is 5.32 Å². The third-order valence-electron chi connectivity index (χ3n) is 3.41. The lowest BCUT2D eigenvalue weighted by atomic mass is 9.98. The Hall–Kier alpha value is -0.170. The van der Waals surface area contributed by atoms with Crippen molar-refractivity contribution < 1.29 is 8.42 Å². The van der Waals surface area contributed by atoms with Gasteiger partial charge in [0.1, 0.15) is 0 Å². The fourth-order valence-electron chi connectivity index (χ4n) is 2.21. The van der Waals surface area contributed by atoms with E-state index in [0.717, 1.165) is 25.8 Å². The molecule has 6 heteroatoms. The Labute approximate surface area is 112 Å². The molecule has 0 unspecified atom stereocenters. The van der Waals surface area contributed by atoms with Gasteiger partial charge in [-0.05, 0) is 44.7 Å². The molecule has 0 aromatic rings. The predicted molar refractivity (Wildman–Crippen MR) is 74.6 cm³/mol. The smallest absolute Gasteiger partial charge is 0.279 e. The van der Waals surface area contributed by atoms with Gasteiger partial charge in [-0.2, -0.15) is 12.7 Å². The van der Waals surface area contributed by atoms with Crippen molar-refractivity contribution in [2.45, 2.75) is 33.1 Å². The van der Waals surface area contributed by atoms with Crippen LogP contribution in [-0.2, 0) is 10.2 Å². The van der Waals surface area contributed by atoms with Crippen LogP contribution in [0.2, 0.25) is 0 Å². The first-order valence-corrected chi connectivity index (χ1v) is 8.29. The average molecular weight is 277 g/mol. The van der Waals surface area contributed by atoms with Crippen molar-refractivity contribution in [3.8, 4) is 0 Å². The van der Waals surface area contributed by atoms with E-state index < -0.39 is 10.2 Å². The SMILES string of the molecule is CNCC1CCN(S(=O)(=O)NCCC(C)C)CC1. The molecule has 0 bridgehead atoms. The van der Waals surface area contributed by atoms with Gasteiger partial charge in [-0.3, -0.25) is 0 Å². The molecule has 0 aromatic heterocycles. The minimum atomic E-state index is -3.25. The van der Waals surface area contributed by atoms with Crippen molar-refractivity contribution in [1.29, 1.82) is 0 Å². The van der Waals surface area contributed by atoms with Crippen molar-refractivity contribution in [1.82, 2.24) is 14.3 Å². The van der Waals surface area contributed by atoms with Crippen LogP contribution in [0.15, 0.2) is 0 Å². The zero-order valence-corrected chi connectivity index (χ0v) is 12.6. The summed E-state index contributed by atoms with van der Waals surface area (Å²) in [4.78, 5) is 0. The molecule has 18 heavy (non-hydrogen) atoms. The van der Waals surface area contributed by atoms with Gasteiger partial charge in [0.05, 0.1) is 0 Å². The maximum absolute atomic E-state index is 12.0. The second-order valence-corrected chi connectivity index (χ2v) is 7.24. The van der Waals surface area contributed by atoms with Gasteiger partial charge in [-0.15, -0.1) is 0 Å². The minimum absolute atomic E-state index is 0.522. The number of nitrogens with zero attached hydrogens (tertiary/aromatic N) is 1. The van der Waals surface area contributed by atoms with Crippen LogP contribution in [0.4, 0.5) is 0 Å². The summed E-state index contributed by atoms with van der Waals surface area (Å²) in [6.45, 7) is 6.99. The summed E-state index contributed by atoms with van der Waals surface area (Å²) < 4.78 is 28.3. The lowest BCUT2D eigenvalue weighted by molar-refractivity contribution is 0.268. The van der Waals surface area contributed by atoms with Gasteiger partial charge in [-0.25, -0.2) is 4.72 Å². The van der Waals surface area contributed by atoms with E-state index in [1.807, 2.05) is 7.05 Å². The molecular formula is C12H27N3O2S. The molecule has 1 aliphatic heterocycles. The topological polar surface area (TPSA) is 61.4 Å². The Morgan fingerprint density at radius 2 is 1.89 bits per heavy atom. The number of hydrogen-bond donors (Lipinski definition) is 2. The monoisotopic (exact) mass is 277 g/mol. The Morgan fingerprint density at radius 1 is 1.28 bits per heavy atom. The normalized spacial score (nSPS) is 19.6. The average Bonchev–Trinajstić information content (AvgIpc) is 2.29.